The summed E-state index contributed by atoms with van der Waals surface area (Å²) < 4.78 is 0. The molecule has 3 unspecified atom stereocenters. The monoisotopic (exact) mass is 287 g/mol. The number of aliphatic carboxylic acids is 1. The smallest absolute Gasteiger partial charge is 0.312 e. The molecular weight excluding hydrogens is 262 g/mol. The third-order valence-corrected chi connectivity index (χ3v) is 5.12. The zero-order valence-electron chi connectivity index (χ0n) is 12.8. The van der Waals surface area contributed by atoms with E-state index < -0.39 is 5.97 Å². The van der Waals surface area contributed by atoms with Gasteiger partial charge in [0.1, 0.15) is 0 Å². The molecule has 2 aliphatic rings. The topological polar surface area (TPSA) is 40.5 Å². The molecular formula is C18H25NO2. The molecule has 0 spiro atoms. The van der Waals surface area contributed by atoms with Gasteiger partial charge in [-0.05, 0) is 35.8 Å². The zero-order valence-corrected chi connectivity index (χ0v) is 12.8. The van der Waals surface area contributed by atoms with Gasteiger partial charge in [0.2, 0.25) is 0 Å². The highest BCUT2D eigenvalue weighted by Gasteiger charge is 2.31. The van der Waals surface area contributed by atoms with Crippen molar-refractivity contribution in [1.82, 2.24) is 4.90 Å². The number of carbonyl (C=O) groups is 1. The van der Waals surface area contributed by atoms with Crippen molar-refractivity contribution in [1.29, 1.82) is 0 Å². The summed E-state index contributed by atoms with van der Waals surface area (Å²) in [5, 5.41) is 9.52. The van der Waals surface area contributed by atoms with Crippen LogP contribution < -0.4 is 0 Å². The van der Waals surface area contributed by atoms with E-state index in [1.54, 1.807) is 0 Å². The van der Waals surface area contributed by atoms with Crippen LogP contribution in [0.1, 0.15) is 49.7 Å². The van der Waals surface area contributed by atoms with Gasteiger partial charge in [-0.2, -0.15) is 0 Å². The van der Waals surface area contributed by atoms with Crippen molar-refractivity contribution in [2.24, 2.45) is 11.8 Å². The molecule has 3 atom stereocenters. The first-order valence-corrected chi connectivity index (χ1v) is 8.16. The van der Waals surface area contributed by atoms with E-state index in [9.17, 15) is 9.90 Å². The maximum absolute atomic E-state index is 11.6. The molecule has 1 N–H and O–H groups in total. The summed E-state index contributed by atoms with van der Waals surface area (Å²) in [6, 6.07) is 8.03. The van der Waals surface area contributed by atoms with Crippen LogP contribution >= 0.6 is 0 Å². The van der Waals surface area contributed by atoms with E-state index in [2.05, 4.69) is 17.9 Å². The number of hydrogen-bond donors (Lipinski definition) is 1. The molecule has 0 bridgehead atoms. The average molecular weight is 287 g/mol. The van der Waals surface area contributed by atoms with Crippen LogP contribution in [0.4, 0.5) is 0 Å². The molecule has 114 valence electrons. The number of carboxylic acid groups (broad SMARTS) is 1. The molecule has 1 aliphatic heterocycles. The molecule has 3 heteroatoms. The molecule has 0 radical (unpaired) electrons. The van der Waals surface area contributed by atoms with Crippen molar-refractivity contribution in [3.05, 3.63) is 35.4 Å². The van der Waals surface area contributed by atoms with Gasteiger partial charge in [-0.25, -0.2) is 0 Å². The van der Waals surface area contributed by atoms with Crippen LogP contribution in [0, 0.1) is 11.8 Å². The molecule has 3 rings (SSSR count). The number of benzene rings is 1. The van der Waals surface area contributed by atoms with E-state index in [4.69, 9.17) is 0 Å². The van der Waals surface area contributed by atoms with Crippen molar-refractivity contribution in [2.45, 2.75) is 45.1 Å². The maximum Gasteiger partial charge on any atom is 0.312 e. The lowest BCUT2D eigenvalue weighted by atomic mass is 9.81. The lowest BCUT2D eigenvalue weighted by Gasteiger charge is -2.37. The van der Waals surface area contributed by atoms with Crippen LogP contribution in [0.25, 0.3) is 0 Å². The molecule has 1 saturated carbocycles. The summed E-state index contributed by atoms with van der Waals surface area (Å²) >= 11 is 0. The van der Waals surface area contributed by atoms with E-state index in [1.165, 1.54) is 31.2 Å². The fraction of sp³-hybridized carbons (Fsp3) is 0.611. The summed E-state index contributed by atoms with van der Waals surface area (Å²) in [5.41, 5.74) is 2.21. The molecule has 1 aliphatic carbocycles. The van der Waals surface area contributed by atoms with Crippen LogP contribution in [-0.2, 0) is 11.3 Å². The van der Waals surface area contributed by atoms with Crippen molar-refractivity contribution in [3.8, 4) is 0 Å². The van der Waals surface area contributed by atoms with Gasteiger partial charge in [0.15, 0.2) is 0 Å². The predicted octanol–water partition coefficient (Wildman–Crippen LogP) is 3.50. The number of hydrogen-bond acceptors (Lipinski definition) is 2. The third-order valence-electron chi connectivity index (χ3n) is 5.12. The van der Waals surface area contributed by atoms with Gasteiger partial charge in [0.25, 0.3) is 0 Å². The summed E-state index contributed by atoms with van der Waals surface area (Å²) in [6.45, 7) is 4.97. The van der Waals surface area contributed by atoms with Crippen molar-refractivity contribution in [3.63, 3.8) is 0 Å². The predicted molar refractivity (Wildman–Crippen MR) is 83.2 cm³/mol. The summed E-state index contributed by atoms with van der Waals surface area (Å²) in [7, 11) is 0. The number of fused-ring (bicyclic) bond motifs is 1. The van der Waals surface area contributed by atoms with Gasteiger partial charge >= 0.3 is 5.97 Å². The summed E-state index contributed by atoms with van der Waals surface area (Å²) in [5.74, 6) is 0.518. The molecule has 1 heterocycles. The van der Waals surface area contributed by atoms with Crippen molar-refractivity contribution >= 4 is 5.97 Å². The second-order valence-electron chi connectivity index (χ2n) is 6.92. The Morgan fingerprint density at radius 3 is 2.90 bits per heavy atom. The summed E-state index contributed by atoms with van der Waals surface area (Å²) in [4.78, 5) is 13.9. The number of rotatable bonds is 3. The fourth-order valence-electron chi connectivity index (χ4n) is 4.12. The quantitative estimate of drug-likeness (QED) is 0.925. The Balaban J connectivity index is 1.72. The Morgan fingerprint density at radius 1 is 1.33 bits per heavy atom. The Hall–Kier alpha value is -1.35. The highest BCUT2D eigenvalue weighted by atomic mass is 16.4. The van der Waals surface area contributed by atoms with Crippen LogP contribution in [0.2, 0.25) is 0 Å². The Bertz CT molecular complexity index is 514. The number of carboxylic acids is 1. The minimum atomic E-state index is -0.691. The van der Waals surface area contributed by atoms with E-state index in [0.717, 1.165) is 30.5 Å². The Kier molecular flexibility index (Phi) is 4.29. The van der Waals surface area contributed by atoms with Crippen LogP contribution in [0.15, 0.2) is 24.3 Å². The second-order valence-corrected chi connectivity index (χ2v) is 6.92. The van der Waals surface area contributed by atoms with E-state index in [-0.39, 0.29) is 5.92 Å². The van der Waals surface area contributed by atoms with Crippen molar-refractivity contribution in [2.75, 3.05) is 13.1 Å². The van der Waals surface area contributed by atoms with Crippen LogP contribution in [-0.4, -0.2) is 29.1 Å². The molecule has 1 fully saturated rings. The first kappa shape index (κ1) is 14.6. The van der Waals surface area contributed by atoms with Gasteiger partial charge in [-0.15, -0.1) is 0 Å². The van der Waals surface area contributed by atoms with Gasteiger partial charge in [-0.1, -0.05) is 44.0 Å². The maximum atomic E-state index is 11.6. The van der Waals surface area contributed by atoms with Crippen LogP contribution in [0.5, 0.6) is 0 Å². The van der Waals surface area contributed by atoms with E-state index in [1.807, 2.05) is 18.2 Å². The lowest BCUT2D eigenvalue weighted by molar-refractivity contribution is -0.139. The minimum Gasteiger partial charge on any atom is -0.481 e. The SMILES string of the molecule is CC1CCCC(CN2Cc3ccccc3C(C(=O)O)C2)C1. The first-order valence-electron chi connectivity index (χ1n) is 8.16. The van der Waals surface area contributed by atoms with Gasteiger partial charge in [-0.3, -0.25) is 9.69 Å². The standard InChI is InChI=1S/C18H25NO2/c1-13-5-4-6-14(9-13)10-19-11-15-7-2-3-8-16(15)17(12-19)18(20)21/h2-3,7-8,13-14,17H,4-6,9-12H2,1H3,(H,20,21). The third kappa shape index (κ3) is 3.29. The zero-order chi connectivity index (χ0) is 14.8. The van der Waals surface area contributed by atoms with Gasteiger partial charge < -0.3 is 5.11 Å². The van der Waals surface area contributed by atoms with Crippen LogP contribution in [0.3, 0.4) is 0 Å². The first-order chi connectivity index (χ1) is 10.1. The van der Waals surface area contributed by atoms with E-state index >= 15 is 0 Å². The van der Waals surface area contributed by atoms with Gasteiger partial charge in [0.05, 0.1) is 5.92 Å². The molecule has 1 aromatic rings. The molecule has 21 heavy (non-hydrogen) atoms. The second kappa shape index (κ2) is 6.18. The average Bonchev–Trinajstić information content (AvgIpc) is 2.46. The van der Waals surface area contributed by atoms with E-state index in [0.29, 0.717) is 6.54 Å². The number of nitrogens with zero attached hydrogens (tertiary/aromatic N) is 1. The Labute approximate surface area is 127 Å². The Morgan fingerprint density at radius 2 is 2.14 bits per heavy atom. The summed E-state index contributed by atoms with van der Waals surface area (Å²) in [6.07, 6.45) is 5.30. The van der Waals surface area contributed by atoms with Crippen molar-refractivity contribution < 1.29 is 9.90 Å². The lowest BCUT2D eigenvalue weighted by Crippen LogP contribution is -2.40. The molecule has 1 aromatic carbocycles. The molecule has 0 aromatic heterocycles. The largest absolute Gasteiger partial charge is 0.481 e. The van der Waals surface area contributed by atoms with Gasteiger partial charge in [0, 0.05) is 19.6 Å². The highest BCUT2D eigenvalue weighted by Crippen LogP contribution is 2.33. The molecule has 3 nitrogen and oxygen atoms in total. The minimum absolute atomic E-state index is 0.365. The normalized spacial score (nSPS) is 29.9. The molecule has 0 saturated heterocycles. The highest BCUT2D eigenvalue weighted by molar-refractivity contribution is 5.77. The fourth-order valence-corrected chi connectivity index (χ4v) is 4.12. The molecule has 0 amide bonds.